The van der Waals surface area contributed by atoms with Gasteiger partial charge in [-0.05, 0) is 26.1 Å². The molecule has 0 atom stereocenters. The number of hydrogen-bond acceptors (Lipinski definition) is 6. The second-order valence-electron chi connectivity index (χ2n) is 3.10. The van der Waals surface area contributed by atoms with Crippen molar-refractivity contribution in [1.29, 1.82) is 0 Å². The quantitative estimate of drug-likeness (QED) is 0.852. The number of nitrogens with one attached hydrogen (secondary N) is 1. The zero-order valence-electron chi connectivity index (χ0n) is 9.06. The summed E-state index contributed by atoms with van der Waals surface area (Å²) in [5, 5.41) is 7.54. The maximum Gasteiger partial charge on any atom is 0.284 e. The summed E-state index contributed by atoms with van der Waals surface area (Å²) in [7, 11) is 0. The summed E-state index contributed by atoms with van der Waals surface area (Å²) in [5.74, 6) is 0.501. The molecule has 0 fully saturated rings. The third-order valence-corrected chi connectivity index (χ3v) is 3.40. The number of aromatic nitrogens is 3. The van der Waals surface area contributed by atoms with E-state index in [1.807, 2.05) is 0 Å². The molecule has 0 saturated carbocycles. The summed E-state index contributed by atoms with van der Waals surface area (Å²) in [6.07, 6.45) is 1.76. The van der Waals surface area contributed by atoms with Gasteiger partial charge in [0.1, 0.15) is 4.88 Å². The van der Waals surface area contributed by atoms with E-state index >= 15 is 0 Å². The third-order valence-electron chi connectivity index (χ3n) is 2.18. The molecule has 0 aliphatic rings. The number of rotatable bonds is 4. The Hall–Kier alpha value is -1.21. The van der Waals surface area contributed by atoms with Crippen molar-refractivity contribution in [3.63, 3.8) is 0 Å². The van der Waals surface area contributed by atoms with E-state index in [9.17, 15) is 0 Å². The summed E-state index contributed by atoms with van der Waals surface area (Å²) in [6, 6.07) is 0. The van der Waals surface area contributed by atoms with Gasteiger partial charge in [0, 0.05) is 13.1 Å². The topological polar surface area (TPSA) is 58.0 Å². The van der Waals surface area contributed by atoms with Gasteiger partial charge in [0.05, 0.1) is 6.20 Å². The number of hydrogen-bond donors (Lipinski definition) is 1. The van der Waals surface area contributed by atoms with Crippen molar-refractivity contribution in [2.24, 2.45) is 0 Å². The van der Waals surface area contributed by atoms with E-state index in [2.05, 4.69) is 33.9 Å². The van der Waals surface area contributed by atoms with Gasteiger partial charge in [0.25, 0.3) is 10.7 Å². The molecule has 2 aromatic rings. The predicted octanol–water partition coefficient (Wildman–Crippen LogP) is 2.70. The number of thiazole rings is 1. The first-order valence-corrected chi connectivity index (χ1v) is 6.23. The van der Waals surface area contributed by atoms with Crippen molar-refractivity contribution in [2.75, 3.05) is 18.0 Å². The Morgan fingerprint density at radius 3 is 2.81 bits per heavy atom. The monoisotopic (exact) mass is 256 g/mol. The lowest BCUT2D eigenvalue weighted by atomic mass is 10.5. The maximum atomic E-state index is 5.23. The Labute approximate surface area is 102 Å². The van der Waals surface area contributed by atoms with Crippen LogP contribution in [0.25, 0.3) is 10.8 Å². The molecular formula is C9H12N4OS2. The molecule has 0 aliphatic carbocycles. The molecule has 2 aromatic heterocycles. The molecule has 7 heteroatoms. The van der Waals surface area contributed by atoms with Gasteiger partial charge in [-0.1, -0.05) is 11.3 Å². The van der Waals surface area contributed by atoms with Crippen molar-refractivity contribution in [3.8, 4) is 10.8 Å². The summed E-state index contributed by atoms with van der Waals surface area (Å²) in [6.45, 7) is 6.08. The Morgan fingerprint density at radius 1 is 1.50 bits per heavy atom. The van der Waals surface area contributed by atoms with Gasteiger partial charge < -0.3 is 9.32 Å². The van der Waals surface area contributed by atoms with Crippen LogP contribution in [-0.2, 0) is 0 Å². The first-order valence-electron chi connectivity index (χ1n) is 5.01. The van der Waals surface area contributed by atoms with Crippen LogP contribution in [0.1, 0.15) is 13.8 Å². The molecule has 86 valence electrons. The SMILES string of the molecule is CCN(CC)c1ncc(-c2n[nH]c(=S)o2)s1. The standard InChI is InChI=1S/C9H12N4OS2/c1-3-13(4-2)8-10-5-6(16-8)7-11-12-9(15)14-7/h5H,3-4H2,1-2H3,(H,12,15). The van der Waals surface area contributed by atoms with Crippen LogP contribution in [-0.4, -0.2) is 28.3 Å². The van der Waals surface area contributed by atoms with Crippen molar-refractivity contribution >= 4 is 28.7 Å². The smallest absolute Gasteiger partial charge is 0.284 e. The average Bonchev–Trinajstić information content (AvgIpc) is 2.89. The van der Waals surface area contributed by atoms with Gasteiger partial charge in [0.2, 0.25) is 0 Å². The predicted molar refractivity (Wildman–Crippen MR) is 66.4 cm³/mol. The molecule has 0 spiro atoms. The Bertz CT molecular complexity index is 511. The van der Waals surface area contributed by atoms with Crippen molar-refractivity contribution in [2.45, 2.75) is 13.8 Å². The van der Waals surface area contributed by atoms with Crippen LogP contribution >= 0.6 is 23.6 Å². The normalized spacial score (nSPS) is 10.6. The van der Waals surface area contributed by atoms with Crippen molar-refractivity contribution in [1.82, 2.24) is 15.2 Å². The minimum absolute atomic E-state index is 0.285. The highest BCUT2D eigenvalue weighted by molar-refractivity contribution is 7.71. The van der Waals surface area contributed by atoms with Crippen molar-refractivity contribution < 1.29 is 4.42 Å². The molecule has 0 unspecified atom stereocenters. The van der Waals surface area contributed by atoms with E-state index in [0.29, 0.717) is 5.89 Å². The van der Waals surface area contributed by atoms with Gasteiger partial charge in [-0.15, -0.1) is 5.10 Å². The van der Waals surface area contributed by atoms with Crippen LogP contribution < -0.4 is 4.90 Å². The molecule has 0 amide bonds. The van der Waals surface area contributed by atoms with Gasteiger partial charge in [-0.2, -0.15) is 0 Å². The average molecular weight is 256 g/mol. The number of H-pyrrole nitrogens is 1. The summed E-state index contributed by atoms with van der Waals surface area (Å²) in [5.41, 5.74) is 0. The molecule has 0 saturated heterocycles. The van der Waals surface area contributed by atoms with E-state index < -0.39 is 0 Å². The van der Waals surface area contributed by atoms with Crippen molar-refractivity contribution in [3.05, 3.63) is 11.0 Å². The molecular weight excluding hydrogens is 244 g/mol. The first kappa shape index (κ1) is 11.3. The minimum Gasteiger partial charge on any atom is -0.408 e. The molecule has 5 nitrogen and oxygen atoms in total. The fourth-order valence-corrected chi connectivity index (χ4v) is 2.43. The molecule has 2 heterocycles. The van der Waals surface area contributed by atoms with Crippen LogP contribution in [0.5, 0.6) is 0 Å². The van der Waals surface area contributed by atoms with Crippen LogP contribution in [0.2, 0.25) is 0 Å². The highest BCUT2D eigenvalue weighted by Gasteiger charge is 2.12. The van der Waals surface area contributed by atoms with E-state index in [0.717, 1.165) is 23.1 Å². The highest BCUT2D eigenvalue weighted by atomic mass is 32.1. The highest BCUT2D eigenvalue weighted by Crippen LogP contribution is 2.29. The lowest BCUT2D eigenvalue weighted by Crippen LogP contribution is -2.21. The van der Waals surface area contributed by atoms with Crippen LogP contribution in [0.3, 0.4) is 0 Å². The Balaban J connectivity index is 2.28. The number of aromatic amines is 1. The zero-order valence-corrected chi connectivity index (χ0v) is 10.7. The van der Waals surface area contributed by atoms with E-state index in [1.165, 1.54) is 0 Å². The molecule has 1 N–H and O–H groups in total. The summed E-state index contributed by atoms with van der Waals surface area (Å²) >= 11 is 6.37. The molecule has 0 aliphatic heterocycles. The number of nitrogens with zero attached hydrogens (tertiary/aromatic N) is 3. The van der Waals surface area contributed by atoms with E-state index in [-0.39, 0.29) is 4.84 Å². The molecule has 0 bridgehead atoms. The largest absolute Gasteiger partial charge is 0.408 e. The zero-order chi connectivity index (χ0) is 11.5. The van der Waals surface area contributed by atoms with Gasteiger partial charge in [-0.25, -0.2) is 10.1 Å². The summed E-state index contributed by atoms with van der Waals surface area (Å²) < 4.78 is 5.23. The van der Waals surface area contributed by atoms with E-state index in [4.69, 9.17) is 16.6 Å². The van der Waals surface area contributed by atoms with Crippen LogP contribution in [0, 0.1) is 4.84 Å². The molecule has 2 rings (SSSR count). The third kappa shape index (κ3) is 2.14. The fraction of sp³-hybridized carbons (Fsp3) is 0.444. The van der Waals surface area contributed by atoms with Crippen LogP contribution in [0.15, 0.2) is 10.6 Å². The lowest BCUT2D eigenvalue weighted by molar-refractivity contribution is 0.553. The van der Waals surface area contributed by atoms with E-state index in [1.54, 1.807) is 17.5 Å². The van der Waals surface area contributed by atoms with Crippen LogP contribution in [0.4, 0.5) is 5.13 Å². The lowest BCUT2D eigenvalue weighted by Gasteiger charge is -2.16. The maximum absolute atomic E-state index is 5.23. The second-order valence-corrected chi connectivity index (χ2v) is 4.48. The fourth-order valence-electron chi connectivity index (χ4n) is 1.34. The minimum atomic E-state index is 0.285. The second kappa shape index (κ2) is 4.75. The molecule has 16 heavy (non-hydrogen) atoms. The molecule has 0 radical (unpaired) electrons. The van der Waals surface area contributed by atoms with Gasteiger partial charge in [-0.3, -0.25) is 0 Å². The van der Waals surface area contributed by atoms with Gasteiger partial charge >= 0.3 is 0 Å². The van der Waals surface area contributed by atoms with Gasteiger partial charge in [0.15, 0.2) is 5.13 Å². The number of anilines is 1. The first-order chi connectivity index (χ1) is 7.74. The Morgan fingerprint density at radius 2 is 2.25 bits per heavy atom. The molecule has 0 aromatic carbocycles. The Kier molecular flexibility index (Phi) is 3.35. The summed E-state index contributed by atoms with van der Waals surface area (Å²) in [4.78, 5) is 7.68.